The molecule has 2 N–H and O–H groups in total. The van der Waals surface area contributed by atoms with Gasteiger partial charge in [0, 0.05) is 6.54 Å². The van der Waals surface area contributed by atoms with Crippen molar-refractivity contribution >= 4 is 16.0 Å². The number of carboxylic acid groups (broad SMARTS) is 1. The minimum absolute atomic E-state index is 0.175. The van der Waals surface area contributed by atoms with Crippen LogP contribution in [0.15, 0.2) is 18.2 Å². The molecular weight excluding hydrogens is 261 g/mol. The molecule has 0 bridgehead atoms. The van der Waals surface area contributed by atoms with Crippen LogP contribution >= 0.6 is 0 Å². The van der Waals surface area contributed by atoms with E-state index >= 15 is 0 Å². The molecule has 100 valence electrons. The second-order valence-electron chi connectivity index (χ2n) is 3.88. The standard InChI is InChI=1S/C11H14FNO4S/c1-8-2-3-9(6-10(8)12)7-18(16,17)13-5-4-11(14)15/h2-3,6,13H,4-5,7H2,1H3,(H,14,15). The molecule has 18 heavy (non-hydrogen) atoms. The lowest BCUT2D eigenvalue weighted by Gasteiger charge is -2.06. The first-order chi connectivity index (χ1) is 8.30. The van der Waals surface area contributed by atoms with Crippen molar-refractivity contribution in [3.05, 3.63) is 35.1 Å². The van der Waals surface area contributed by atoms with E-state index in [2.05, 4.69) is 4.72 Å². The van der Waals surface area contributed by atoms with Crippen molar-refractivity contribution in [2.75, 3.05) is 6.54 Å². The Balaban J connectivity index is 2.64. The molecule has 0 radical (unpaired) electrons. The van der Waals surface area contributed by atoms with Crippen LogP contribution in [0.2, 0.25) is 0 Å². The van der Waals surface area contributed by atoms with Crippen molar-refractivity contribution in [1.29, 1.82) is 0 Å². The molecule has 0 heterocycles. The fraction of sp³-hybridized carbons (Fsp3) is 0.364. The summed E-state index contributed by atoms with van der Waals surface area (Å²) < 4.78 is 38.5. The Labute approximate surface area is 105 Å². The maximum absolute atomic E-state index is 13.2. The summed E-state index contributed by atoms with van der Waals surface area (Å²) in [4.78, 5) is 10.2. The Morgan fingerprint density at radius 1 is 1.44 bits per heavy atom. The number of carboxylic acids is 1. The van der Waals surface area contributed by atoms with Crippen molar-refractivity contribution in [2.24, 2.45) is 0 Å². The van der Waals surface area contributed by atoms with Crippen LogP contribution in [-0.4, -0.2) is 26.0 Å². The number of carbonyl (C=O) groups is 1. The molecule has 0 aliphatic carbocycles. The highest BCUT2D eigenvalue weighted by atomic mass is 32.2. The second-order valence-corrected chi connectivity index (χ2v) is 5.69. The SMILES string of the molecule is Cc1ccc(CS(=O)(=O)NCCC(=O)O)cc1F. The van der Waals surface area contributed by atoms with E-state index in [0.29, 0.717) is 11.1 Å². The van der Waals surface area contributed by atoms with E-state index in [4.69, 9.17) is 5.11 Å². The van der Waals surface area contributed by atoms with Gasteiger partial charge in [0.1, 0.15) is 5.82 Å². The molecule has 5 nitrogen and oxygen atoms in total. The van der Waals surface area contributed by atoms with Crippen molar-refractivity contribution in [1.82, 2.24) is 4.72 Å². The Hall–Kier alpha value is -1.47. The van der Waals surface area contributed by atoms with Crippen LogP contribution in [0, 0.1) is 12.7 Å². The van der Waals surface area contributed by atoms with Crippen molar-refractivity contribution < 1.29 is 22.7 Å². The lowest BCUT2D eigenvalue weighted by atomic mass is 10.2. The summed E-state index contributed by atoms with van der Waals surface area (Å²) in [5, 5.41) is 8.38. The number of hydrogen-bond donors (Lipinski definition) is 2. The molecule has 1 rings (SSSR count). The maximum Gasteiger partial charge on any atom is 0.304 e. The first kappa shape index (κ1) is 14.6. The van der Waals surface area contributed by atoms with Gasteiger partial charge >= 0.3 is 5.97 Å². The fourth-order valence-electron chi connectivity index (χ4n) is 1.31. The van der Waals surface area contributed by atoms with Gasteiger partial charge in [0.2, 0.25) is 10.0 Å². The first-order valence-corrected chi connectivity index (χ1v) is 6.89. The Kier molecular flexibility index (Phi) is 4.80. The molecule has 0 unspecified atom stereocenters. The highest BCUT2D eigenvalue weighted by Gasteiger charge is 2.12. The summed E-state index contributed by atoms with van der Waals surface area (Å²) in [5.41, 5.74) is 0.760. The predicted molar refractivity (Wildman–Crippen MR) is 64.0 cm³/mol. The fourth-order valence-corrected chi connectivity index (χ4v) is 2.44. The molecule has 0 saturated heterocycles. The lowest BCUT2D eigenvalue weighted by molar-refractivity contribution is -0.136. The van der Waals surface area contributed by atoms with E-state index in [1.165, 1.54) is 12.1 Å². The average molecular weight is 275 g/mol. The second kappa shape index (κ2) is 5.92. The van der Waals surface area contributed by atoms with Crippen LogP contribution in [0.25, 0.3) is 0 Å². The van der Waals surface area contributed by atoms with E-state index in [-0.39, 0.29) is 18.7 Å². The van der Waals surface area contributed by atoms with Gasteiger partial charge in [0.25, 0.3) is 0 Å². The van der Waals surface area contributed by atoms with Gasteiger partial charge in [-0.2, -0.15) is 0 Å². The summed E-state index contributed by atoms with van der Waals surface area (Å²) in [5.74, 6) is -1.92. The summed E-state index contributed by atoms with van der Waals surface area (Å²) in [6.45, 7) is 1.41. The van der Waals surface area contributed by atoms with Crippen molar-refractivity contribution in [2.45, 2.75) is 19.1 Å². The third-order valence-corrected chi connectivity index (χ3v) is 3.61. The topological polar surface area (TPSA) is 83.5 Å². The van der Waals surface area contributed by atoms with Gasteiger partial charge in [-0.05, 0) is 24.1 Å². The van der Waals surface area contributed by atoms with Crippen LogP contribution in [0.3, 0.4) is 0 Å². The molecule has 1 aromatic rings. The zero-order valence-corrected chi connectivity index (χ0v) is 10.6. The third kappa shape index (κ3) is 4.80. The van der Waals surface area contributed by atoms with E-state index in [1.54, 1.807) is 6.92 Å². The van der Waals surface area contributed by atoms with Gasteiger partial charge in [0.15, 0.2) is 0 Å². The Morgan fingerprint density at radius 3 is 2.67 bits per heavy atom. The van der Waals surface area contributed by atoms with E-state index in [1.807, 2.05) is 0 Å². The number of halogens is 1. The Morgan fingerprint density at radius 2 is 2.11 bits per heavy atom. The van der Waals surface area contributed by atoms with Gasteiger partial charge < -0.3 is 5.11 Å². The van der Waals surface area contributed by atoms with Crippen LogP contribution < -0.4 is 4.72 Å². The van der Waals surface area contributed by atoms with Gasteiger partial charge in [0.05, 0.1) is 12.2 Å². The third-order valence-electron chi connectivity index (χ3n) is 2.25. The van der Waals surface area contributed by atoms with Gasteiger partial charge in [-0.15, -0.1) is 0 Å². The highest BCUT2D eigenvalue weighted by molar-refractivity contribution is 7.88. The lowest BCUT2D eigenvalue weighted by Crippen LogP contribution is -2.27. The van der Waals surface area contributed by atoms with E-state index in [0.717, 1.165) is 6.07 Å². The normalized spacial score (nSPS) is 11.4. The summed E-state index contributed by atoms with van der Waals surface area (Å²) in [6.07, 6.45) is -0.290. The summed E-state index contributed by atoms with van der Waals surface area (Å²) in [7, 11) is -3.64. The molecule has 7 heteroatoms. The van der Waals surface area contributed by atoms with Gasteiger partial charge in [-0.3, -0.25) is 4.79 Å². The van der Waals surface area contributed by atoms with Crippen LogP contribution in [0.1, 0.15) is 17.5 Å². The van der Waals surface area contributed by atoms with Crippen molar-refractivity contribution in [3.8, 4) is 0 Å². The van der Waals surface area contributed by atoms with Gasteiger partial charge in [-0.25, -0.2) is 17.5 Å². The molecule has 0 amide bonds. The molecule has 0 fully saturated rings. The highest BCUT2D eigenvalue weighted by Crippen LogP contribution is 2.11. The van der Waals surface area contributed by atoms with Crippen LogP contribution in [0.4, 0.5) is 4.39 Å². The molecular formula is C11H14FNO4S. The minimum atomic E-state index is -3.64. The monoisotopic (exact) mass is 275 g/mol. The molecule has 0 spiro atoms. The average Bonchev–Trinajstić information content (AvgIpc) is 2.22. The molecule has 0 aromatic heterocycles. The number of aliphatic carboxylic acids is 1. The zero-order valence-electron chi connectivity index (χ0n) is 9.81. The van der Waals surface area contributed by atoms with Crippen LogP contribution in [0.5, 0.6) is 0 Å². The van der Waals surface area contributed by atoms with Gasteiger partial charge in [-0.1, -0.05) is 12.1 Å². The largest absolute Gasteiger partial charge is 0.481 e. The first-order valence-electron chi connectivity index (χ1n) is 5.24. The van der Waals surface area contributed by atoms with E-state index in [9.17, 15) is 17.6 Å². The van der Waals surface area contributed by atoms with Crippen molar-refractivity contribution in [3.63, 3.8) is 0 Å². The Bertz CT molecular complexity index is 542. The molecule has 0 saturated carbocycles. The smallest absolute Gasteiger partial charge is 0.304 e. The number of aryl methyl sites for hydroxylation is 1. The maximum atomic E-state index is 13.2. The number of benzene rings is 1. The number of rotatable bonds is 6. The predicted octanol–water partition coefficient (Wildman–Crippen LogP) is 1.03. The molecule has 0 atom stereocenters. The summed E-state index contributed by atoms with van der Waals surface area (Å²) in [6, 6.07) is 4.18. The molecule has 0 aliphatic heterocycles. The van der Waals surface area contributed by atoms with E-state index < -0.39 is 21.8 Å². The number of sulfonamides is 1. The molecule has 0 aliphatic rings. The zero-order chi connectivity index (χ0) is 13.8. The number of nitrogens with one attached hydrogen (secondary N) is 1. The van der Waals surface area contributed by atoms with Crippen LogP contribution in [-0.2, 0) is 20.6 Å². The quantitative estimate of drug-likeness (QED) is 0.812. The minimum Gasteiger partial charge on any atom is -0.481 e. The summed E-state index contributed by atoms with van der Waals surface area (Å²) >= 11 is 0. The number of hydrogen-bond acceptors (Lipinski definition) is 3. The molecule has 1 aromatic carbocycles.